The quantitative estimate of drug-likeness (QED) is 0.917. The van der Waals surface area contributed by atoms with E-state index in [2.05, 4.69) is 0 Å². The number of ether oxygens (including phenoxy) is 1. The van der Waals surface area contributed by atoms with Gasteiger partial charge in [-0.05, 0) is 37.5 Å². The number of carbonyl (C=O) groups excluding carboxylic acids is 1. The van der Waals surface area contributed by atoms with Crippen molar-refractivity contribution < 1.29 is 19.4 Å². The number of aryl methyl sites for hydroxylation is 1. The van der Waals surface area contributed by atoms with Crippen LogP contribution in [0, 0.1) is 6.92 Å². The van der Waals surface area contributed by atoms with E-state index in [-0.39, 0.29) is 5.91 Å². The monoisotopic (exact) mass is 277 g/mol. The first-order valence-corrected chi connectivity index (χ1v) is 6.82. The Hall–Kier alpha value is -2.04. The topological polar surface area (TPSA) is 66.8 Å². The number of fused-ring (bicyclic) bond motifs is 1. The van der Waals surface area contributed by atoms with E-state index in [1.165, 1.54) is 4.90 Å². The van der Waals surface area contributed by atoms with Crippen LogP contribution in [0.3, 0.4) is 0 Å². The van der Waals surface area contributed by atoms with Gasteiger partial charge < -0.3 is 9.84 Å². The predicted octanol–water partition coefficient (Wildman–Crippen LogP) is 2.36. The third-order valence-corrected chi connectivity index (χ3v) is 3.51. The lowest BCUT2D eigenvalue weighted by Gasteiger charge is -2.37. The molecule has 5 heteroatoms. The zero-order valence-corrected chi connectivity index (χ0v) is 11.9. The number of hydrogen-bond donors (Lipinski definition) is 1. The van der Waals surface area contributed by atoms with E-state index in [4.69, 9.17) is 4.74 Å². The van der Waals surface area contributed by atoms with Gasteiger partial charge in [-0.1, -0.05) is 19.9 Å². The van der Waals surface area contributed by atoms with Gasteiger partial charge >= 0.3 is 5.97 Å². The highest BCUT2D eigenvalue weighted by molar-refractivity contribution is 6.04. The van der Waals surface area contributed by atoms with Gasteiger partial charge in [0.15, 0.2) is 6.10 Å². The Balaban J connectivity index is 2.53. The second-order valence-corrected chi connectivity index (χ2v) is 4.96. The molecule has 0 fully saturated rings. The normalized spacial score (nSPS) is 19.2. The van der Waals surface area contributed by atoms with E-state index in [9.17, 15) is 14.7 Å². The fourth-order valence-electron chi connectivity index (χ4n) is 2.44. The molecule has 2 atom stereocenters. The summed E-state index contributed by atoms with van der Waals surface area (Å²) in [4.78, 5) is 25.2. The Morgan fingerprint density at radius 1 is 1.45 bits per heavy atom. The van der Waals surface area contributed by atoms with Crippen molar-refractivity contribution in [1.82, 2.24) is 0 Å². The molecule has 20 heavy (non-hydrogen) atoms. The lowest BCUT2D eigenvalue weighted by molar-refractivity contribution is -0.141. The Morgan fingerprint density at radius 2 is 2.15 bits per heavy atom. The number of amides is 1. The van der Waals surface area contributed by atoms with Crippen LogP contribution in [-0.2, 0) is 9.59 Å². The Bertz CT molecular complexity index is 541. The predicted molar refractivity (Wildman–Crippen MR) is 75.1 cm³/mol. The average molecular weight is 277 g/mol. The molecule has 0 bridgehead atoms. The van der Waals surface area contributed by atoms with Crippen molar-refractivity contribution in [3.8, 4) is 5.75 Å². The molecule has 0 aliphatic carbocycles. The number of benzene rings is 1. The first kappa shape index (κ1) is 14.4. The highest BCUT2D eigenvalue weighted by atomic mass is 16.5. The molecule has 1 heterocycles. The van der Waals surface area contributed by atoms with Gasteiger partial charge in [0.05, 0.1) is 5.69 Å². The van der Waals surface area contributed by atoms with E-state index in [0.29, 0.717) is 24.3 Å². The largest absolute Gasteiger partial charge is 0.480 e. The summed E-state index contributed by atoms with van der Waals surface area (Å²) in [5.41, 5.74) is 1.55. The molecule has 0 saturated heterocycles. The van der Waals surface area contributed by atoms with Crippen molar-refractivity contribution >= 4 is 17.6 Å². The Morgan fingerprint density at radius 3 is 2.70 bits per heavy atom. The molecule has 1 N–H and O–H groups in total. The third-order valence-electron chi connectivity index (χ3n) is 3.51. The molecule has 0 saturated carbocycles. The van der Waals surface area contributed by atoms with Gasteiger partial charge in [0, 0.05) is 0 Å². The van der Waals surface area contributed by atoms with Crippen LogP contribution in [0.25, 0.3) is 0 Å². The highest BCUT2D eigenvalue weighted by Gasteiger charge is 2.39. The standard InChI is InChI=1S/C15H19NO4/c1-4-10(15(18)19)16-11-7-6-9(3)8-13(11)20-12(5-2)14(16)17/h6-8,10,12H,4-5H2,1-3H3,(H,18,19). The molecular weight excluding hydrogens is 258 g/mol. The molecule has 1 amide bonds. The van der Waals surface area contributed by atoms with Gasteiger partial charge in [-0.3, -0.25) is 9.69 Å². The number of carboxylic acids is 1. The number of carbonyl (C=O) groups is 2. The lowest BCUT2D eigenvalue weighted by Crippen LogP contribution is -2.53. The van der Waals surface area contributed by atoms with Gasteiger partial charge in [0.2, 0.25) is 0 Å². The first-order valence-electron chi connectivity index (χ1n) is 6.82. The number of hydrogen-bond acceptors (Lipinski definition) is 3. The Labute approximate surface area is 118 Å². The summed E-state index contributed by atoms with van der Waals surface area (Å²) < 4.78 is 5.69. The van der Waals surface area contributed by atoms with Crippen LogP contribution < -0.4 is 9.64 Å². The smallest absolute Gasteiger partial charge is 0.326 e. The van der Waals surface area contributed by atoms with Crippen molar-refractivity contribution in [2.75, 3.05) is 4.90 Å². The maximum atomic E-state index is 12.4. The number of carboxylic acid groups (broad SMARTS) is 1. The van der Waals surface area contributed by atoms with Crippen molar-refractivity contribution in [2.24, 2.45) is 0 Å². The van der Waals surface area contributed by atoms with Gasteiger partial charge in [-0.15, -0.1) is 0 Å². The fraction of sp³-hybridized carbons (Fsp3) is 0.467. The van der Waals surface area contributed by atoms with E-state index >= 15 is 0 Å². The molecule has 5 nitrogen and oxygen atoms in total. The van der Waals surface area contributed by atoms with Crippen LogP contribution in [-0.4, -0.2) is 29.1 Å². The van der Waals surface area contributed by atoms with E-state index in [1.807, 2.05) is 26.0 Å². The molecule has 1 aliphatic rings. The minimum Gasteiger partial charge on any atom is -0.480 e. The molecule has 1 aliphatic heterocycles. The van der Waals surface area contributed by atoms with Crippen LogP contribution in [0.5, 0.6) is 5.75 Å². The van der Waals surface area contributed by atoms with Crippen LogP contribution in [0.2, 0.25) is 0 Å². The summed E-state index contributed by atoms with van der Waals surface area (Å²) in [5.74, 6) is -0.696. The molecule has 108 valence electrons. The summed E-state index contributed by atoms with van der Waals surface area (Å²) in [6.07, 6.45) is 0.251. The summed E-state index contributed by atoms with van der Waals surface area (Å²) in [6, 6.07) is 4.58. The van der Waals surface area contributed by atoms with Crippen molar-refractivity contribution in [3.63, 3.8) is 0 Å². The summed E-state index contributed by atoms with van der Waals surface area (Å²) in [5, 5.41) is 9.35. The van der Waals surface area contributed by atoms with Crippen LogP contribution >= 0.6 is 0 Å². The van der Waals surface area contributed by atoms with Crippen LogP contribution in [0.1, 0.15) is 32.3 Å². The maximum absolute atomic E-state index is 12.4. The van der Waals surface area contributed by atoms with Gasteiger partial charge in [0.25, 0.3) is 5.91 Å². The zero-order chi connectivity index (χ0) is 14.9. The van der Waals surface area contributed by atoms with Crippen LogP contribution in [0.4, 0.5) is 5.69 Å². The van der Waals surface area contributed by atoms with E-state index < -0.39 is 18.1 Å². The Kier molecular flexibility index (Phi) is 3.97. The molecule has 0 spiro atoms. The second-order valence-electron chi connectivity index (χ2n) is 4.96. The summed E-state index contributed by atoms with van der Waals surface area (Å²) in [6.45, 7) is 5.54. The SMILES string of the molecule is CCC1Oc2cc(C)ccc2N(C(CC)C(=O)O)C1=O. The van der Waals surface area contributed by atoms with Gasteiger partial charge in [-0.2, -0.15) is 0 Å². The number of rotatable bonds is 4. The van der Waals surface area contributed by atoms with E-state index in [0.717, 1.165) is 5.56 Å². The molecule has 1 aromatic rings. The number of anilines is 1. The summed E-state index contributed by atoms with van der Waals surface area (Å²) >= 11 is 0. The van der Waals surface area contributed by atoms with Gasteiger partial charge in [0.1, 0.15) is 11.8 Å². The minimum atomic E-state index is -0.996. The highest BCUT2D eigenvalue weighted by Crippen LogP contribution is 2.37. The van der Waals surface area contributed by atoms with E-state index in [1.54, 1.807) is 13.0 Å². The van der Waals surface area contributed by atoms with Crippen molar-refractivity contribution in [1.29, 1.82) is 0 Å². The number of aliphatic carboxylic acids is 1. The van der Waals surface area contributed by atoms with Crippen molar-refractivity contribution in [2.45, 2.75) is 45.8 Å². The molecular formula is C15H19NO4. The maximum Gasteiger partial charge on any atom is 0.326 e. The molecule has 1 aromatic carbocycles. The molecule has 0 aromatic heterocycles. The first-order chi connectivity index (χ1) is 9.49. The molecule has 2 rings (SSSR count). The zero-order valence-electron chi connectivity index (χ0n) is 11.9. The molecule has 0 radical (unpaired) electrons. The van der Waals surface area contributed by atoms with Gasteiger partial charge in [-0.25, -0.2) is 4.79 Å². The molecule has 2 unspecified atom stereocenters. The van der Waals surface area contributed by atoms with Crippen molar-refractivity contribution in [3.05, 3.63) is 23.8 Å². The lowest BCUT2D eigenvalue weighted by atomic mass is 10.1. The number of nitrogens with zero attached hydrogens (tertiary/aromatic N) is 1. The summed E-state index contributed by atoms with van der Waals surface area (Å²) in [7, 11) is 0. The third kappa shape index (κ3) is 2.35. The average Bonchev–Trinajstić information content (AvgIpc) is 2.41. The second kappa shape index (κ2) is 5.53. The fourth-order valence-corrected chi connectivity index (χ4v) is 2.44. The minimum absolute atomic E-state index is 0.280. The van der Waals surface area contributed by atoms with Crippen LogP contribution in [0.15, 0.2) is 18.2 Å².